The van der Waals surface area contributed by atoms with Crippen LogP contribution in [0.3, 0.4) is 0 Å². The molecule has 22 heavy (non-hydrogen) atoms. The Morgan fingerprint density at radius 1 is 1.41 bits per heavy atom. The number of rotatable bonds is 4. The standard InChI is InChI=1S/C14H17BrN2O4S/c1-8(9-2-3-9)17-22(19,20)12-7-10(15)6-11-13(12)21-5-4-16-14(11)18/h6-9,17H,2-5H2,1H3,(H,16,18). The second-order valence-corrected chi connectivity index (χ2v) is 8.23. The maximum atomic E-state index is 12.7. The zero-order valence-electron chi connectivity index (χ0n) is 12.1. The van der Waals surface area contributed by atoms with Crippen LogP contribution in [-0.4, -0.2) is 33.5 Å². The number of amides is 1. The first kappa shape index (κ1) is 15.8. The van der Waals surface area contributed by atoms with Crippen LogP contribution in [0.1, 0.15) is 30.1 Å². The SMILES string of the molecule is CC(NS(=O)(=O)c1cc(Br)cc2c1OCCNC2=O)C1CC1. The summed E-state index contributed by atoms with van der Waals surface area (Å²) in [5, 5.41) is 2.68. The van der Waals surface area contributed by atoms with Crippen molar-refractivity contribution in [1.29, 1.82) is 0 Å². The Hall–Kier alpha value is -1.12. The van der Waals surface area contributed by atoms with Crippen LogP contribution < -0.4 is 14.8 Å². The summed E-state index contributed by atoms with van der Waals surface area (Å²) in [7, 11) is -3.75. The summed E-state index contributed by atoms with van der Waals surface area (Å²) >= 11 is 3.27. The summed E-state index contributed by atoms with van der Waals surface area (Å²) in [6.45, 7) is 2.44. The second kappa shape index (κ2) is 5.82. The summed E-state index contributed by atoms with van der Waals surface area (Å²) in [5.74, 6) is 0.180. The van der Waals surface area contributed by atoms with Crippen LogP contribution in [0.25, 0.3) is 0 Å². The number of nitrogens with one attached hydrogen (secondary N) is 2. The second-order valence-electron chi connectivity index (χ2n) is 5.63. The van der Waals surface area contributed by atoms with Gasteiger partial charge in [0.1, 0.15) is 11.5 Å². The Morgan fingerprint density at radius 3 is 2.82 bits per heavy atom. The Labute approximate surface area is 137 Å². The third-order valence-corrected chi connectivity index (χ3v) is 5.88. The third-order valence-electron chi connectivity index (χ3n) is 3.86. The van der Waals surface area contributed by atoms with E-state index in [0.29, 0.717) is 16.9 Å². The molecular formula is C14H17BrN2O4S. The van der Waals surface area contributed by atoms with Crippen LogP contribution in [0, 0.1) is 5.92 Å². The third kappa shape index (κ3) is 3.13. The van der Waals surface area contributed by atoms with Crippen molar-refractivity contribution in [3.05, 3.63) is 22.2 Å². The molecule has 1 heterocycles. The van der Waals surface area contributed by atoms with Crippen LogP contribution in [0.4, 0.5) is 0 Å². The minimum absolute atomic E-state index is 0.00132. The molecule has 2 N–H and O–H groups in total. The molecule has 120 valence electrons. The minimum atomic E-state index is -3.75. The monoisotopic (exact) mass is 388 g/mol. The highest BCUT2D eigenvalue weighted by atomic mass is 79.9. The highest BCUT2D eigenvalue weighted by molar-refractivity contribution is 9.10. The molecule has 1 aliphatic heterocycles. The predicted molar refractivity (Wildman–Crippen MR) is 84.5 cm³/mol. The van der Waals surface area contributed by atoms with E-state index in [1.165, 1.54) is 6.07 Å². The zero-order valence-corrected chi connectivity index (χ0v) is 14.5. The van der Waals surface area contributed by atoms with E-state index in [0.717, 1.165) is 12.8 Å². The maximum absolute atomic E-state index is 12.7. The van der Waals surface area contributed by atoms with Gasteiger partial charge in [-0.25, -0.2) is 13.1 Å². The fraction of sp³-hybridized carbons (Fsp3) is 0.500. The summed E-state index contributed by atoms with van der Waals surface area (Å²) in [5.41, 5.74) is 0.228. The molecule has 0 spiro atoms. The molecule has 2 aliphatic rings. The average molecular weight is 389 g/mol. The lowest BCUT2D eigenvalue weighted by Crippen LogP contribution is -2.34. The maximum Gasteiger partial charge on any atom is 0.255 e. The van der Waals surface area contributed by atoms with Crippen LogP contribution in [0.2, 0.25) is 0 Å². The summed E-state index contributed by atoms with van der Waals surface area (Å²) < 4.78 is 34.1. The Morgan fingerprint density at radius 2 is 2.14 bits per heavy atom. The first-order valence-corrected chi connectivity index (χ1v) is 9.43. The van der Waals surface area contributed by atoms with E-state index in [-0.39, 0.29) is 34.8 Å². The van der Waals surface area contributed by atoms with Crippen molar-refractivity contribution in [3.8, 4) is 5.75 Å². The largest absolute Gasteiger partial charge is 0.489 e. The molecule has 1 aromatic rings. The molecular weight excluding hydrogens is 372 g/mol. The molecule has 1 saturated carbocycles. The van der Waals surface area contributed by atoms with Gasteiger partial charge >= 0.3 is 0 Å². The van der Waals surface area contributed by atoms with Crippen LogP contribution in [0.15, 0.2) is 21.5 Å². The van der Waals surface area contributed by atoms with Gasteiger partial charge in [-0.2, -0.15) is 0 Å². The number of carbonyl (C=O) groups excluding carboxylic acids is 1. The van der Waals surface area contributed by atoms with Gasteiger partial charge < -0.3 is 10.1 Å². The van der Waals surface area contributed by atoms with Crippen LogP contribution in [-0.2, 0) is 10.0 Å². The molecule has 1 unspecified atom stereocenters. The average Bonchev–Trinajstić information content (AvgIpc) is 3.27. The van der Waals surface area contributed by atoms with E-state index in [1.54, 1.807) is 6.07 Å². The van der Waals surface area contributed by atoms with Crippen molar-refractivity contribution in [2.45, 2.75) is 30.7 Å². The first-order chi connectivity index (χ1) is 10.4. The van der Waals surface area contributed by atoms with Crippen molar-refractivity contribution < 1.29 is 17.9 Å². The van der Waals surface area contributed by atoms with Gasteiger partial charge in [0, 0.05) is 10.5 Å². The van der Waals surface area contributed by atoms with Gasteiger partial charge in [-0.15, -0.1) is 0 Å². The van der Waals surface area contributed by atoms with Crippen molar-refractivity contribution in [2.24, 2.45) is 5.92 Å². The Balaban J connectivity index is 2.04. The van der Waals surface area contributed by atoms with E-state index in [2.05, 4.69) is 26.0 Å². The lowest BCUT2D eigenvalue weighted by atomic mass is 10.2. The van der Waals surface area contributed by atoms with Gasteiger partial charge in [0.25, 0.3) is 5.91 Å². The van der Waals surface area contributed by atoms with Gasteiger partial charge in [0.05, 0.1) is 12.1 Å². The fourth-order valence-electron chi connectivity index (χ4n) is 2.50. The predicted octanol–water partition coefficient (Wildman–Crippen LogP) is 1.65. The van der Waals surface area contributed by atoms with Gasteiger partial charge in [0.15, 0.2) is 5.75 Å². The molecule has 0 saturated heterocycles. The van der Waals surface area contributed by atoms with Gasteiger partial charge in [0.2, 0.25) is 10.0 Å². The first-order valence-electron chi connectivity index (χ1n) is 7.15. The van der Waals surface area contributed by atoms with Crippen molar-refractivity contribution >= 4 is 31.9 Å². The smallest absolute Gasteiger partial charge is 0.255 e. The molecule has 6 nitrogen and oxygen atoms in total. The van der Waals surface area contributed by atoms with Crippen LogP contribution in [0.5, 0.6) is 5.75 Å². The number of hydrogen-bond donors (Lipinski definition) is 2. The Kier molecular flexibility index (Phi) is 4.17. The summed E-state index contributed by atoms with van der Waals surface area (Å²) in [4.78, 5) is 12.1. The van der Waals surface area contributed by atoms with E-state index in [4.69, 9.17) is 4.74 Å². The quantitative estimate of drug-likeness (QED) is 0.820. The molecule has 1 fully saturated rings. The number of hydrogen-bond acceptors (Lipinski definition) is 4. The molecule has 1 aromatic carbocycles. The Bertz CT molecular complexity index is 716. The molecule has 0 radical (unpaired) electrons. The van der Waals surface area contributed by atoms with E-state index in [1.807, 2.05) is 6.92 Å². The van der Waals surface area contributed by atoms with E-state index in [9.17, 15) is 13.2 Å². The molecule has 1 atom stereocenters. The highest BCUT2D eigenvalue weighted by Crippen LogP contribution is 2.36. The summed E-state index contributed by atoms with van der Waals surface area (Å²) in [6, 6.07) is 2.91. The number of sulfonamides is 1. The number of benzene rings is 1. The normalized spacial score (nSPS) is 19.6. The highest BCUT2D eigenvalue weighted by Gasteiger charge is 2.34. The van der Waals surface area contributed by atoms with Gasteiger partial charge in [-0.3, -0.25) is 4.79 Å². The molecule has 1 aliphatic carbocycles. The van der Waals surface area contributed by atoms with Crippen molar-refractivity contribution in [3.63, 3.8) is 0 Å². The van der Waals surface area contributed by atoms with Crippen molar-refractivity contribution in [1.82, 2.24) is 10.0 Å². The molecule has 0 bridgehead atoms. The molecule has 1 amide bonds. The molecule has 0 aromatic heterocycles. The fourth-order valence-corrected chi connectivity index (χ4v) is 4.61. The van der Waals surface area contributed by atoms with E-state index >= 15 is 0 Å². The lowest BCUT2D eigenvalue weighted by Gasteiger charge is -2.17. The minimum Gasteiger partial charge on any atom is -0.489 e. The molecule has 3 rings (SSSR count). The topological polar surface area (TPSA) is 84.5 Å². The van der Waals surface area contributed by atoms with Crippen LogP contribution >= 0.6 is 15.9 Å². The van der Waals surface area contributed by atoms with Crippen molar-refractivity contribution in [2.75, 3.05) is 13.2 Å². The number of carbonyl (C=O) groups is 1. The zero-order chi connectivity index (χ0) is 15.9. The molecule has 8 heteroatoms. The van der Waals surface area contributed by atoms with Gasteiger partial charge in [-0.1, -0.05) is 15.9 Å². The number of ether oxygens (including phenoxy) is 1. The summed E-state index contributed by atoms with van der Waals surface area (Å²) in [6.07, 6.45) is 2.08. The number of fused-ring (bicyclic) bond motifs is 1. The number of halogens is 1. The lowest BCUT2D eigenvalue weighted by molar-refractivity contribution is 0.0957. The van der Waals surface area contributed by atoms with Gasteiger partial charge in [-0.05, 0) is 37.8 Å². The van der Waals surface area contributed by atoms with E-state index < -0.39 is 10.0 Å².